The molecule has 104 valence electrons. The Bertz CT molecular complexity index is 631. The third-order valence-electron chi connectivity index (χ3n) is 2.78. The Hall–Kier alpha value is -1.94. The van der Waals surface area contributed by atoms with Crippen LogP contribution in [-0.2, 0) is 11.2 Å². The van der Waals surface area contributed by atoms with Crippen molar-refractivity contribution in [3.63, 3.8) is 0 Å². The fourth-order valence-corrected chi connectivity index (χ4v) is 1.99. The van der Waals surface area contributed by atoms with E-state index in [9.17, 15) is 13.6 Å². The molecule has 2 rings (SSSR count). The standard InChI is InChI=1S/C15H12ClF2NO/c16-12-4-2-1-3-10(12)5-8-15(20)19-14-9-11(17)6-7-13(14)18/h1-4,6-7,9H,5,8H2,(H,19,20). The van der Waals surface area contributed by atoms with Crippen LogP contribution in [0.25, 0.3) is 0 Å². The van der Waals surface area contributed by atoms with Crippen molar-refractivity contribution >= 4 is 23.2 Å². The minimum Gasteiger partial charge on any atom is -0.324 e. The van der Waals surface area contributed by atoms with Crippen LogP contribution in [0.3, 0.4) is 0 Å². The van der Waals surface area contributed by atoms with E-state index in [-0.39, 0.29) is 12.1 Å². The van der Waals surface area contributed by atoms with Gasteiger partial charge in [0.15, 0.2) is 0 Å². The molecule has 1 amide bonds. The summed E-state index contributed by atoms with van der Waals surface area (Å²) >= 11 is 5.97. The maximum atomic E-state index is 13.4. The monoisotopic (exact) mass is 295 g/mol. The molecule has 0 aliphatic carbocycles. The normalized spacial score (nSPS) is 10.3. The van der Waals surface area contributed by atoms with E-state index in [2.05, 4.69) is 5.32 Å². The molecule has 20 heavy (non-hydrogen) atoms. The van der Waals surface area contributed by atoms with E-state index in [1.807, 2.05) is 12.1 Å². The summed E-state index contributed by atoms with van der Waals surface area (Å²) in [6.45, 7) is 0. The molecule has 0 radical (unpaired) electrons. The quantitative estimate of drug-likeness (QED) is 0.900. The third-order valence-corrected chi connectivity index (χ3v) is 3.15. The predicted octanol–water partition coefficient (Wildman–Crippen LogP) is 4.19. The summed E-state index contributed by atoms with van der Waals surface area (Å²) in [6.07, 6.45) is 0.572. The van der Waals surface area contributed by atoms with Crippen molar-refractivity contribution in [3.05, 3.63) is 64.7 Å². The number of nitrogens with one attached hydrogen (secondary N) is 1. The highest BCUT2D eigenvalue weighted by Crippen LogP contribution is 2.18. The van der Waals surface area contributed by atoms with Gasteiger partial charge in [0.1, 0.15) is 11.6 Å². The molecule has 2 aromatic rings. The number of amides is 1. The number of benzene rings is 2. The maximum absolute atomic E-state index is 13.4. The van der Waals surface area contributed by atoms with Crippen LogP contribution in [0.5, 0.6) is 0 Å². The van der Waals surface area contributed by atoms with E-state index < -0.39 is 17.5 Å². The lowest BCUT2D eigenvalue weighted by molar-refractivity contribution is -0.116. The Morgan fingerprint density at radius 2 is 1.90 bits per heavy atom. The Balaban J connectivity index is 1.96. The SMILES string of the molecule is O=C(CCc1ccccc1Cl)Nc1cc(F)ccc1F. The molecule has 0 saturated heterocycles. The van der Waals surface area contributed by atoms with E-state index in [1.54, 1.807) is 12.1 Å². The summed E-state index contributed by atoms with van der Waals surface area (Å²) in [5, 5.41) is 2.92. The molecule has 0 aliphatic rings. The molecule has 0 aromatic heterocycles. The van der Waals surface area contributed by atoms with Crippen LogP contribution >= 0.6 is 11.6 Å². The summed E-state index contributed by atoms with van der Waals surface area (Å²) in [5.74, 6) is -1.67. The van der Waals surface area contributed by atoms with Gasteiger partial charge in [0, 0.05) is 17.5 Å². The Morgan fingerprint density at radius 1 is 1.15 bits per heavy atom. The lowest BCUT2D eigenvalue weighted by Gasteiger charge is -2.07. The number of rotatable bonds is 4. The van der Waals surface area contributed by atoms with Crippen molar-refractivity contribution in [2.24, 2.45) is 0 Å². The van der Waals surface area contributed by atoms with Crippen LogP contribution in [0.2, 0.25) is 5.02 Å². The Morgan fingerprint density at radius 3 is 2.65 bits per heavy atom. The Kier molecular flexibility index (Phi) is 4.69. The molecule has 0 bridgehead atoms. The summed E-state index contributed by atoms with van der Waals surface area (Å²) in [5.41, 5.74) is 0.679. The van der Waals surface area contributed by atoms with Gasteiger partial charge in [-0.05, 0) is 30.2 Å². The minimum absolute atomic E-state index is 0.139. The van der Waals surface area contributed by atoms with Gasteiger partial charge in [-0.2, -0.15) is 0 Å². The highest BCUT2D eigenvalue weighted by atomic mass is 35.5. The molecule has 5 heteroatoms. The van der Waals surface area contributed by atoms with Gasteiger partial charge >= 0.3 is 0 Å². The second-order valence-corrected chi connectivity index (χ2v) is 4.67. The van der Waals surface area contributed by atoms with Crippen molar-refractivity contribution in [3.8, 4) is 0 Å². The molecule has 0 fully saturated rings. The molecular formula is C15H12ClF2NO. The summed E-state index contributed by atoms with van der Waals surface area (Å²) in [6, 6.07) is 10.1. The molecule has 0 saturated carbocycles. The van der Waals surface area contributed by atoms with Crippen LogP contribution in [-0.4, -0.2) is 5.91 Å². The molecule has 0 aliphatic heterocycles. The topological polar surface area (TPSA) is 29.1 Å². The average Bonchev–Trinajstić information content (AvgIpc) is 2.42. The molecule has 0 atom stereocenters. The highest BCUT2D eigenvalue weighted by Gasteiger charge is 2.09. The van der Waals surface area contributed by atoms with Crippen molar-refractivity contribution in [1.82, 2.24) is 0 Å². The molecule has 1 N–H and O–H groups in total. The summed E-state index contributed by atoms with van der Waals surface area (Å²) < 4.78 is 26.3. The molecule has 0 spiro atoms. The zero-order valence-electron chi connectivity index (χ0n) is 10.5. The number of carbonyl (C=O) groups excluding carboxylic acids is 1. The number of hydrogen-bond acceptors (Lipinski definition) is 1. The molecule has 2 aromatic carbocycles. The smallest absolute Gasteiger partial charge is 0.224 e. The first-order valence-electron chi connectivity index (χ1n) is 6.04. The van der Waals surface area contributed by atoms with Gasteiger partial charge in [-0.15, -0.1) is 0 Å². The minimum atomic E-state index is -0.669. The molecule has 0 heterocycles. The van der Waals surface area contributed by atoms with Gasteiger partial charge in [-0.1, -0.05) is 29.8 Å². The lowest BCUT2D eigenvalue weighted by Crippen LogP contribution is -2.13. The number of aryl methyl sites for hydroxylation is 1. The van der Waals surface area contributed by atoms with Gasteiger partial charge in [0.05, 0.1) is 5.69 Å². The van der Waals surface area contributed by atoms with Crippen molar-refractivity contribution < 1.29 is 13.6 Å². The molecule has 0 unspecified atom stereocenters. The van der Waals surface area contributed by atoms with Crippen LogP contribution in [0, 0.1) is 11.6 Å². The number of anilines is 1. The zero-order valence-corrected chi connectivity index (χ0v) is 11.3. The average molecular weight is 296 g/mol. The Labute approximate surface area is 120 Å². The van der Waals surface area contributed by atoms with Gasteiger partial charge in [-0.3, -0.25) is 4.79 Å². The second kappa shape index (κ2) is 6.48. The van der Waals surface area contributed by atoms with Gasteiger partial charge < -0.3 is 5.32 Å². The fourth-order valence-electron chi connectivity index (χ4n) is 1.76. The van der Waals surface area contributed by atoms with Crippen LogP contribution < -0.4 is 5.32 Å². The largest absolute Gasteiger partial charge is 0.324 e. The number of carbonyl (C=O) groups is 1. The van der Waals surface area contributed by atoms with Gasteiger partial charge in [0.25, 0.3) is 0 Å². The van der Waals surface area contributed by atoms with E-state index in [4.69, 9.17) is 11.6 Å². The van der Waals surface area contributed by atoms with E-state index in [0.717, 1.165) is 23.8 Å². The van der Waals surface area contributed by atoms with E-state index >= 15 is 0 Å². The lowest BCUT2D eigenvalue weighted by atomic mass is 10.1. The first kappa shape index (κ1) is 14.5. The highest BCUT2D eigenvalue weighted by molar-refractivity contribution is 6.31. The van der Waals surface area contributed by atoms with Crippen LogP contribution in [0.1, 0.15) is 12.0 Å². The maximum Gasteiger partial charge on any atom is 0.224 e. The zero-order chi connectivity index (χ0) is 14.5. The fraction of sp³-hybridized carbons (Fsp3) is 0.133. The van der Waals surface area contributed by atoms with Crippen molar-refractivity contribution in [1.29, 1.82) is 0 Å². The third kappa shape index (κ3) is 3.78. The molecule has 2 nitrogen and oxygen atoms in total. The summed E-state index contributed by atoms with van der Waals surface area (Å²) in [7, 11) is 0. The van der Waals surface area contributed by atoms with Gasteiger partial charge in [-0.25, -0.2) is 8.78 Å². The van der Waals surface area contributed by atoms with Crippen LogP contribution in [0.4, 0.5) is 14.5 Å². The first-order valence-corrected chi connectivity index (χ1v) is 6.42. The van der Waals surface area contributed by atoms with Crippen molar-refractivity contribution in [2.75, 3.05) is 5.32 Å². The van der Waals surface area contributed by atoms with E-state index in [0.29, 0.717) is 11.4 Å². The predicted molar refractivity (Wildman–Crippen MR) is 74.8 cm³/mol. The van der Waals surface area contributed by atoms with Gasteiger partial charge in [0.2, 0.25) is 5.91 Å². The van der Waals surface area contributed by atoms with Crippen molar-refractivity contribution in [2.45, 2.75) is 12.8 Å². The number of hydrogen-bond donors (Lipinski definition) is 1. The van der Waals surface area contributed by atoms with Crippen LogP contribution in [0.15, 0.2) is 42.5 Å². The first-order chi connectivity index (χ1) is 9.56. The summed E-state index contributed by atoms with van der Waals surface area (Å²) in [4.78, 5) is 11.7. The molecular weight excluding hydrogens is 284 g/mol. The van der Waals surface area contributed by atoms with E-state index in [1.165, 1.54) is 0 Å². The second-order valence-electron chi connectivity index (χ2n) is 4.26. The number of halogens is 3.